The maximum absolute atomic E-state index is 4.55. The van der Waals surface area contributed by atoms with Crippen LogP contribution in [-0.2, 0) is 6.54 Å². The molecular formula is C14H26N4. The van der Waals surface area contributed by atoms with Crippen molar-refractivity contribution in [3.8, 4) is 0 Å². The second kappa shape index (κ2) is 9.57. The van der Waals surface area contributed by atoms with E-state index in [0.29, 0.717) is 0 Å². The lowest BCUT2D eigenvalue weighted by Gasteiger charge is -2.11. The smallest absolute Gasteiger partial charge is 0.191 e. The molecular weight excluding hydrogens is 224 g/mol. The first kappa shape index (κ1) is 14.6. The average molecular weight is 250 g/mol. The molecule has 0 unspecified atom stereocenters. The van der Waals surface area contributed by atoms with E-state index in [1.54, 1.807) is 0 Å². The second-order valence-electron chi connectivity index (χ2n) is 4.32. The van der Waals surface area contributed by atoms with Crippen LogP contribution in [-0.4, -0.2) is 30.2 Å². The Hall–Kier alpha value is -1.45. The van der Waals surface area contributed by atoms with Crippen molar-refractivity contribution in [3.05, 3.63) is 24.5 Å². The van der Waals surface area contributed by atoms with Crippen molar-refractivity contribution in [2.75, 3.05) is 19.6 Å². The van der Waals surface area contributed by atoms with E-state index in [2.05, 4.69) is 46.4 Å². The SMILES string of the molecule is CCCCCN=C(NCC)NCCn1cccc1. The van der Waals surface area contributed by atoms with Gasteiger partial charge in [-0.05, 0) is 25.5 Å². The van der Waals surface area contributed by atoms with E-state index in [1.807, 2.05) is 12.1 Å². The van der Waals surface area contributed by atoms with Gasteiger partial charge in [0.2, 0.25) is 0 Å². The highest BCUT2D eigenvalue weighted by atomic mass is 15.2. The van der Waals surface area contributed by atoms with Crippen molar-refractivity contribution in [1.82, 2.24) is 15.2 Å². The topological polar surface area (TPSA) is 41.4 Å². The lowest BCUT2D eigenvalue weighted by atomic mass is 10.2. The lowest BCUT2D eigenvalue weighted by Crippen LogP contribution is -2.38. The Kier molecular flexibility index (Phi) is 7.77. The first-order valence-electron chi connectivity index (χ1n) is 6.99. The van der Waals surface area contributed by atoms with Gasteiger partial charge in [0.15, 0.2) is 5.96 Å². The van der Waals surface area contributed by atoms with Crippen molar-refractivity contribution in [3.63, 3.8) is 0 Å². The minimum atomic E-state index is 0.897. The third kappa shape index (κ3) is 6.33. The summed E-state index contributed by atoms with van der Waals surface area (Å²) in [6.07, 6.45) is 7.82. The lowest BCUT2D eigenvalue weighted by molar-refractivity contribution is 0.662. The summed E-state index contributed by atoms with van der Waals surface area (Å²) < 4.78 is 2.16. The third-order valence-electron chi connectivity index (χ3n) is 2.70. The maximum Gasteiger partial charge on any atom is 0.191 e. The molecule has 102 valence electrons. The molecule has 1 rings (SSSR count). The summed E-state index contributed by atoms with van der Waals surface area (Å²) in [4.78, 5) is 4.55. The zero-order valence-corrected chi connectivity index (χ0v) is 11.7. The van der Waals surface area contributed by atoms with Crippen LogP contribution >= 0.6 is 0 Å². The molecule has 0 bridgehead atoms. The summed E-state index contributed by atoms with van der Waals surface area (Å²) in [5.41, 5.74) is 0. The van der Waals surface area contributed by atoms with Crippen LogP contribution in [0.1, 0.15) is 33.1 Å². The van der Waals surface area contributed by atoms with Gasteiger partial charge in [0.25, 0.3) is 0 Å². The summed E-state index contributed by atoms with van der Waals surface area (Å²) in [5.74, 6) is 0.931. The molecule has 0 spiro atoms. The summed E-state index contributed by atoms with van der Waals surface area (Å²) in [6, 6.07) is 4.09. The van der Waals surface area contributed by atoms with E-state index >= 15 is 0 Å². The van der Waals surface area contributed by atoms with Gasteiger partial charge in [0.1, 0.15) is 0 Å². The number of rotatable bonds is 8. The van der Waals surface area contributed by atoms with E-state index in [1.165, 1.54) is 19.3 Å². The van der Waals surface area contributed by atoms with Crippen molar-refractivity contribution >= 4 is 5.96 Å². The normalized spacial score (nSPS) is 11.6. The Morgan fingerprint density at radius 2 is 1.89 bits per heavy atom. The van der Waals surface area contributed by atoms with Crippen molar-refractivity contribution in [1.29, 1.82) is 0 Å². The van der Waals surface area contributed by atoms with E-state index in [4.69, 9.17) is 0 Å². The van der Waals surface area contributed by atoms with Gasteiger partial charge in [-0.15, -0.1) is 0 Å². The average Bonchev–Trinajstić information content (AvgIpc) is 2.87. The Morgan fingerprint density at radius 3 is 2.56 bits per heavy atom. The molecule has 0 fully saturated rings. The number of unbranched alkanes of at least 4 members (excludes halogenated alkanes) is 2. The number of nitrogens with zero attached hydrogens (tertiary/aromatic N) is 2. The van der Waals surface area contributed by atoms with Crippen LogP contribution in [0.3, 0.4) is 0 Å². The van der Waals surface area contributed by atoms with Gasteiger partial charge in [0, 0.05) is 38.6 Å². The third-order valence-corrected chi connectivity index (χ3v) is 2.70. The number of aliphatic imine (C=N–C) groups is 1. The van der Waals surface area contributed by atoms with Crippen LogP contribution in [0.2, 0.25) is 0 Å². The molecule has 4 nitrogen and oxygen atoms in total. The molecule has 2 N–H and O–H groups in total. The molecule has 0 radical (unpaired) electrons. The monoisotopic (exact) mass is 250 g/mol. The number of aromatic nitrogens is 1. The van der Waals surface area contributed by atoms with Crippen molar-refractivity contribution in [2.24, 2.45) is 4.99 Å². The Balaban J connectivity index is 2.23. The molecule has 0 saturated carbocycles. The fourth-order valence-electron chi connectivity index (χ4n) is 1.72. The first-order valence-corrected chi connectivity index (χ1v) is 6.99. The molecule has 0 aromatic carbocycles. The quantitative estimate of drug-likeness (QED) is 0.422. The molecule has 0 aliphatic heterocycles. The molecule has 1 aromatic heterocycles. The maximum atomic E-state index is 4.55. The van der Waals surface area contributed by atoms with Gasteiger partial charge >= 0.3 is 0 Å². The summed E-state index contributed by atoms with van der Waals surface area (Å²) in [5, 5.41) is 6.62. The van der Waals surface area contributed by atoms with Gasteiger partial charge < -0.3 is 15.2 Å². The minimum absolute atomic E-state index is 0.897. The van der Waals surface area contributed by atoms with E-state index in [0.717, 1.165) is 32.1 Å². The highest BCUT2D eigenvalue weighted by molar-refractivity contribution is 5.79. The van der Waals surface area contributed by atoms with Crippen molar-refractivity contribution in [2.45, 2.75) is 39.7 Å². The van der Waals surface area contributed by atoms with E-state index < -0.39 is 0 Å². The van der Waals surface area contributed by atoms with Gasteiger partial charge in [-0.2, -0.15) is 0 Å². The molecule has 0 atom stereocenters. The molecule has 4 heteroatoms. The van der Waals surface area contributed by atoms with Crippen LogP contribution in [0.15, 0.2) is 29.5 Å². The largest absolute Gasteiger partial charge is 0.357 e. The Bertz CT molecular complexity index is 317. The second-order valence-corrected chi connectivity index (χ2v) is 4.32. The highest BCUT2D eigenvalue weighted by Crippen LogP contribution is 1.93. The fourth-order valence-corrected chi connectivity index (χ4v) is 1.72. The molecule has 0 amide bonds. The predicted octanol–water partition coefficient (Wildman–Crippen LogP) is 2.23. The molecule has 0 aliphatic rings. The van der Waals surface area contributed by atoms with Gasteiger partial charge in [-0.3, -0.25) is 4.99 Å². The van der Waals surface area contributed by atoms with E-state index in [9.17, 15) is 0 Å². The first-order chi connectivity index (χ1) is 8.86. The van der Waals surface area contributed by atoms with Crippen LogP contribution in [0.5, 0.6) is 0 Å². The summed E-state index contributed by atoms with van der Waals surface area (Å²) >= 11 is 0. The van der Waals surface area contributed by atoms with Gasteiger partial charge in [-0.1, -0.05) is 19.8 Å². The van der Waals surface area contributed by atoms with Crippen LogP contribution in [0, 0.1) is 0 Å². The zero-order chi connectivity index (χ0) is 13.1. The van der Waals surface area contributed by atoms with Crippen LogP contribution in [0.4, 0.5) is 0 Å². The van der Waals surface area contributed by atoms with E-state index in [-0.39, 0.29) is 0 Å². The molecule has 1 aromatic rings. The number of hydrogen-bond donors (Lipinski definition) is 2. The summed E-state index contributed by atoms with van der Waals surface area (Å²) in [7, 11) is 0. The number of guanidine groups is 1. The number of nitrogens with one attached hydrogen (secondary N) is 2. The Morgan fingerprint density at radius 1 is 1.11 bits per heavy atom. The van der Waals surface area contributed by atoms with Crippen LogP contribution in [0.25, 0.3) is 0 Å². The number of hydrogen-bond acceptors (Lipinski definition) is 1. The standard InChI is InChI=1S/C14H26N4/c1-3-5-6-9-16-14(15-4-2)17-10-13-18-11-7-8-12-18/h7-8,11-12H,3-6,9-10,13H2,1-2H3,(H2,15,16,17). The predicted molar refractivity (Wildman–Crippen MR) is 77.9 cm³/mol. The molecule has 18 heavy (non-hydrogen) atoms. The minimum Gasteiger partial charge on any atom is -0.357 e. The molecule has 1 heterocycles. The zero-order valence-electron chi connectivity index (χ0n) is 11.7. The fraction of sp³-hybridized carbons (Fsp3) is 0.643. The van der Waals surface area contributed by atoms with Crippen LogP contribution < -0.4 is 10.6 Å². The van der Waals surface area contributed by atoms with Crippen molar-refractivity contribution < 1.29 is 0 Å². The molecule has 0 saturated heterocycles. The van der Waals surface area contributed by atoms with Gasteiger partial charge in [0.05, 0.1) is 0 Å². The van der Waals surface area contributed by atoms with Gasteiger partial charge in [-0.25, -0.2) is 0 Å². The summed E-state index contributed by atoms with van der Waals surface area (Å²) in [6.45, 7) is 7.98. The highest BCUT2D eigenvalue weighted by Gasteiger charge is 1.96. The molecule has 0 aliphatic carbocycles. The Labute approximate surface area is 110 Å².